The fourth-order valence-electron chi connectivity index (χ4n) is 2.61. The van der Waals surface area contributed by atoms with Crippen molar-refractivity contribution in [2.75, 3.05) is 38.3 Å². The first-order valence-corrected chi connectivity index (χ1v) is 7.76. The highest BCUT2D eigenvalue weighted by Crippen LogP contribution is 2.23. The minimum Gasteiger partial charge on any atom is -0.380 e. The fourth-order valence-corrected chi connectivity index (χ4v) is 2.61. The zero-order valence-electron chi connectivity index (χ0n) is 13.4. The molecule has 0 saturated carbocycles. The van der Waals surface area contributed by atoms with Crippen molar-refractivity contribution >= 4 is 5.69 Å². The van der Waals surface area contributed by atoms with E-state index >= 15 is 0 Å². The van der Waals surface area contributed by atoms with Crippen molar-refractivity contribution in [3.63, 3.8) is 0 Å². The van der Waals surface area contributed by atoms with Crippen LogP contribution in [0.1, 0.15) is 25.8 Å². The number of nitrogens with zero attached hydrogens (tertiary/aromatic N) is 2. The summed E-state index contributed by atoms with van der Waals surface area (Å²) in [7, 11) is 1.76. The summed E-state index contributed by atoms with van der Waals surface area (Å²) in [5, 5.41) is 3.51. The standard InChI is InChI=1S/C17H27N3O/c1-14(2)10-19-12-16-11-18-7-4-17(16)20-8-5-15(6-9-20)13-21-3/h4-5,7,11,14,19H,6,8-10,12-13H2,1-3H3. The molecule has 0 fully saturated rings. The quantitative estimate of drug-likeness (QED) is 0.783. The van der Waals surface area contributed by atoms with E-state index in [0.717, 1.165) is 39.2 Å². The van der Waals surface area contributed by atoms with Gasteiger partial charge in [-0.3, -0.25) is 4.98 Å². The van der Waals surface area contributed by atoms with Gasteiger partial charge in [-0.2, -0.15) is 0 Å². The Morgan fingerprint density at radius 2 is 2.29 bits per heavy atom. The summed E-state index contributed by atoms with van der Waals surface area (Å²) >= 11 is 0. The van der Waals surface area contributed by atoms with Gasteiger partial charge in [0, 0.05) is 50.4 Å². The molecule has 0 spiro atoms. The first kappa shape index (κ1) is 16.0. The number of hydrogen-bond donors (Lipinski definition) is 1. The number of ether oxygens (including phenoxy) is 1. The molecule has 0 amide bonds. The normalized spacial score (nSPS) is 15.4. The van der Waals surface area contributed by atoms with Gasteiger partial charge >= 0.3 is 0 Å². The Hall–Kier alpha value is -1.39. The number of aromatic nitrogens is 1. The second kappa shape index (κ2) is 8.15. The van der Waals surface area contributed by atoms with Crippen LogP contribution in [0.4, 0.5) is 5.69 Å². The molecular formula is C17H27N3O. The van der Waals surface area contributed by atoms with E-state index in [4.69, 9.17) is 4.74 Å². The topological polar surface area (TPSA) is 37.4 Å². The molecule has 116 valence electrons. The van der Waals surface area contributed by atoms with Gasteiger partial charge in [-0.1, -0.05) is 19.9 Å². The van der Waals surface area contributed by atoms with Crippen LogP contribution in [0.5, 0.6) is 0 Å². The van der Waals surface area contributed by atoms with Gasteiger partial charge in [-0.25, -0.2) is 0 Å². The Kier molecular flexibility index (Phi) is 6.21. The van der Waals surface area contributed by atoms with E-state index in [1.807, 2.05) is 12.4 Å². The smallest absolute Gasteiger partial charge is 0.0674 e. The number of methoxy groups -OCH3 is 1. The molecule has 0 atom stereocenters. The highest BCUT2D eigenvalue weighted by Gasteiger charge is 2.15. The highest BCUT2D eigenvalue weighted by atomic mass is 16.5. The monoisotopic (exact) mass is 289 g/mol. The fraction of sp³-hybridized carbons (Fsp3) is 0.588. The molecule has 1 aromatic heterocycles. The Balaban J connectivity index is 2.00. The van der Waals surface area contributed by atoms with Gasteiger partial charge in [-0.05, 0) is 30.5 Å². The summed E-state index contributed by atoms with van der Waals surface area (Å²) in [6.45, 7) is 9.13. The summed E-state index contributed by atoms with van der Waals surface area (Å²) < 4.78 is 5.21. The maximum atomic E-state index is 5.21. The Morgan fingerprint density at radius 3 is 2.95 bits per heavy atom. The van der Waals surface area contributed by atoms with Gasteiger partial charge in [0.25, 0.3) is 0 Å². The molecule has 2 heterocycles. The lowest BCUT2D eigenvalue weighted by atomic mass is 10.1. The molecule has 4 heteroatoms. The number of pyridine rings is 1. The van der Waals surface area contributed by atoms with Crippen molar-refractivity contribution in [3.05, 3.63) is 35.7 Å². The summed E-state index contributed by atoms with van der Waals surface area (Å²) in [6.07, 6.45) is 7.24. The molecular weight excluding hydrogens is 262 g/mol. The van der Waals surface area contributed by atoms with Crippen molar-refractivity contribution in [2.24, 2.45) is 5.92 Å². The number of hydrogen-bond acceptors (Lipinski definition) is 4. The predicted molar refractivity (Wildman–Crippen MR) is 87.6 cm³/mol. The molecule has 0 aromatic carbocycles. The SMILES string of the molecule is COCC1=CCN(c2ccncc2CNCC(C)C)CC1. The lowest BCUT2D eigenvalue weighted by molar-refractivity contribution is 0.222. The maximum Gasteiger partial charge on any atom is 0.0674 e. The molecule has 0 unspecified atom stereocenters. The second-order valence-electron chi connectivity index (χ2n) is 6.02. The molecule has 0 aliphatic carbocycles. The second-order valence-corrected chi connectivity index (χ2v) is 6.02. The van der Waals surface area contributed by atoms with Gasteiger partial charge < -0.3 is 15.0 Å². The third-order valence-corrected chi connectivity index (χ3v) is 3.72. The molecule has 0 saturated heterocycles. The van der Waals surface area contributed by atoms with Crippen LogP contribution in [0.2, 0.25) is 0 Å². The third kappa shape index (κ3) is 4.83. The number of anilines is 1. The Bertz CT molecular complexity index is 471. The van der Waals surface area contributed by atoms with Gasteiger partial charge in [0.15, 0.2) is 0 Å². The Labute approximate surface area is 128 Å². The van der Waals surface area contributed by atoms with Crippen LogP contribution in [0, 0.1) is 5.92 Å². The van der Waals surface area contributed by atoms with E-state index in [0.29, 0.717) is 5.92 Å². The van der Waals surface area contributed by atoms with Crippen LogP contribution < -0.4 is 10.2 Å². The van der Waals surface area contributed by atoms with E-state index in [9.17, 15) is 0 Å². The highest BCUT2D eigenvalue weighted by molar-refractivity contribution is 5.53. The minimum atomic E-state index is 0.666. The van der Waals surface area contributed by atoms with E-state index in [-0.39, 0.29) is 0 Å². The van der Waals surface area contributed by atoms with Gasteiger partial charge in [0.05, 0.1) is 6.61 Å². The average Bonchev–Trinajstić information content (AvgIpc) is 2.49. The zero-order valence-corrected chi connectivity index (χ0v) is 13.4. The molecule has 0 bridgehead atoms. The summed E-state index contributed by atoms with van der Waals surface area (Å²) in [5.41, 5.74) is 3.98. The maximum absolute atomic E-state index is 5.21. The van der Waals surface area contributed by atoms with Crippen LogP contribution in [-0.4, -0.2) is 38.3 Å². The molecule has 1 aliphatic rings. The van der Waals surface area contributed by atoms with Crippen LogP contribution >= 0.6 is 0 Å². The number of rotatable bonds is 7. The largest absolute Gasteiger partial charge is 0.380 e. The van der Waals surface area contributed by atoms with Gasteiger partial charge in [0.1, 0.15) is 0 Å². The van der Waals surface area contributed by atoms with Crippen LogP contribution in [-0.2, 0) is 11.3 Å². The van der Waals surface area contributed by atoms with Crippen molar-refractivity contribution in [2.45, 2.75) is 26.8 Å². The third-order valence-electron chi connectivity index (χ3n) is 3.72. The molecule has 0 radical (unpaired) electrons. The average molecular weight is 289 g/mol. The minimum absolute atomic E-state index is 0.666. The predicted octanol–water partition coefficient (Wildman–Crippen LogP) is 2.61. The van der Waals surface area contributed by atoms with E-state index in [1.54, 1.807) is 7.11 Å². The summed E-state index contributed by atoms with van der Waals surface area (Å²) in [6, 6.07) is 2.13. The van der Waals surface area contributed by atoms with Crippen LogP contribution in [0.3, 0.4) is 0 Å². The van der Waals surface area contributed by atoms with Crippen molar-refractivity contribution in [1.29, 1.82) is 0 Å². The van der Waals surface area contributed by atoms with Crippen molar-refractivity contribution in [3.8, 4) is 0 Å². The molecule has 1 N–H and O–H groups in total. The van der Waals surface area contributed by atoms with Gasteiger partial charge in [-0.15, -0.1) is 0 Å². The van der Waals surface area contributed by atoms with Crippen LogP contribution in [0.25, 0.3) is 0 Å². The molecule has 1 aliphatic heterocycles. The first-order valence-electron chi connectivity index (χ1n) is 7.76. The Morgan fingerprint density at radius 1 is 1.43 bits per heavy atom. The van der Waals surface area contributed by atoms with E-state index in [1.165, 1.54) is 16.8 Å². The molecule has 2 rings (SSSR count). The first-order chi connectivity index (χ1) is 10.2. The van der Waals surface area contributed by atoms with Crippen molar-refractivity contribution < 1.29 is 4.74 Å². The summed E-state index contributed by atoms with van der Waals surface area (Å²) in [4.78, 5) is 6.70. The molecule has 4 nitrogen and oxygen atoms in total. The summed E-state index contributed by atoms with van der Waals surface area (Å²) in [5.74, 6) is 0.666. The van der Waals surface area contributed by atoms with Crippen LogP contribution in [0.15, 0.2) is 30.1 Å². The van der Waals surface area contributed by atoms with E-state index < -0.39 is 0 Å². The van der Waals surface area contributed by atoms with Crippen molar-refractivity contribution in [1.82, 2.24) is 10.3 Å². The lowest BCUT2D eigenvalue weighted by Crippen LogP contribution is -2.31. The molecule has 21 heavy (non-hydrogen) atoms. The van der Waals surface area contributed by atoms with E-state index in [2.05, 4.69) is 41.2 Å². The number of nitrogens with one attached hydrogen (secondary N) is 1. The van der Waals surface area contributed by atoms with Gasteiger partial charge in [0.2, 0.25) is 0 Å². The molecule has 1 aromatic rings. The lowest BCUT2D eigenvalue weighted by Gasteiger charge is -2.30. The zero-order chi connectivity index (χ0) is 15.1.